The molecule has 0 radical (unpaired) electrons. The Labute approximate surface area is 111 Å². The Morgan fingerprint density at radius 3 is 2.61 bits per heavy atom. The van der Waals surface area contributed by atoms with E-state index < -0.39 is 0 Å². The van der Waals surface area contributed by atoms with Gasteiger partial charge < -0.3 is 10.0 Å². The van der Waals surface area contributed by atoms with E-state index in [0.717, 1.165) is 17.9 Å². The molecular formula is C16H25NO. The lowest BCUT2D eigenvalue weighted by molar-refractivity contribution is 0.173. The molecule has 0 aliphatic carbocycles. The van der Waals surface area contributed by atoms with Crippen LogP contribution in [0.4, 0.5) is 5.69 Å². The highest BCUT2D eigenvalue weighted by Crippen LogP contribution is 2.26. The topological polar surface area (TPSA) is 23.5 Å². The standard InChI is InChI=1S/C16H25NO/c1-3-13-6-5-11-17(12-13)15-9-7-14(8-10-15)16(18)4-2/h7-10,13,16,18H,3-6,11-12H2,1-2H3/t13?,16-/m1/s1. The van der Waals surface area contributed by atoms with Crippen LogP contribution in [-0.4, -0.2) is 18.2 Å². The van der Waals surface area contributed by atoms with E-state index in [2.05, 4.69) is 36.1 Å². The van der Waals surface area contributed by atoms with E-state index in [0.29, 0.717) is 0 Å². The van der Waals surface area contributed by atoms with Gasteiger partial charge in [-0.15, -0.1) is 0 Å². The van der Waals surface area contributed by atoms with Gasteiger partial charge in [-0.1, -0.05) is 32.4 Å². The zero-order valence-corrected chi connectivity index (χ0v) is 11.6. The maximum Gasteiger partial charge on any atom is 0.0787 e. The molecule has 1 unspecified atom stereocenters. The Hall–Kier alpha value is -1.02. The summed E-state index contributed by atoms with van der Waals surface area (Å²) in [7, 11) is 0. The van der Waals surface area contributed by atoms with Crippen molar-refractivity contribution >= 4 is 5.69 Å². The van der Waals surface area contributed by atoms with Gasteiger partial charge in [0.2, 0.25) is 0 Å². The summed E-state index contributed by atoms with van der Waals surface area (Å²) in [5, 5.41) is 9.80. The number of hydrogen-bond acceptors (Lipinski definition) is 2. The van der Waals surface area contributed by atoms with Crippen molar-refractivity contribution in [2.75, 3.05) is 18.0 Å². The molecule has 2 atom stereocenters. The molecule has 0 bridgehead atoms. The van der Waals surface area contributed by atoms with Crippen molar-refractivity contribution in [1.82, 2.24) is 0 Å². The Kier molecular flexibility index (Phi) is 4.65. The van der Waals surface area contributed by atoms with E-state index in [1.165, 1.54) is 38.0 Å². The van der Waals surface area contributed by atoms with Crippen LogP contribution in [0.2, 0.25) is 0 Å². The minimum Gasteiger partial charge on any atom is -0.388 e. The van der Waals surface area contributed by atoms with Crippen LogP contribution >= 0.6 is 0 Å². The first-order valence-corrected chi connectivity index (χ1v) is 7.27. The Balaban J connectivity index is 2.04. The highest BCUT2D eigenvalue weighted by atomic mass is 16.3. The minimum absolute atomic E-state index is 0.316. The predicted molar refractivity (Wildman–Crippen MR) is 76.9 cm³/mol. The van der Waals surface area contributed by atoms with Crippen molar-refractivity contribution < 1.29 is 5.11 Å². The molecule has 1 heterocycles. The average Bonchev–Trinajstić information content (AvgIpc) is 2.46. The van der Waals surface area contributed by atoms with Crippen molar-refractivity contribution in [2.45, 2.75) is 45.6 Å². The number of hydrogen-bond donors (Lipinski definition) is 1. The number of rotatable bonds is 4. The zero-order valence-electron chi connectivity index (χ0n) is 11.6. The van der Waals surface area contributed by atoms with Crippen LogP contribution in [0.25, 0.3) is 0 Å². The summed E-state index contributed by atoms with van der Waals surface area (Å²) in [5.41, 5.74) is 2.34. The molecule has 2 rings (SSSR count). The molecule has 18 heavy (non-hydrogen) atoms. The van der Waals surface area contributed by atoms with Crippen LogP contribution in [0.3, 0.4) is 0 Å². The lowest BCUT2D eigenvalue weighted by atomic mass is 9.95. The van der Waals surface area contributed by atoms with E-state index in [9.17, 15) is 5.11 Å². The van der Waals surface area contributed by atoms with Crippen molar-refractivity contribution in [1.29, 1.82) is 0 Å². The second kappa shape index (κ2) is 6.24. The third-order valence-corrected chi connectivity index (χ3v) is 4.13. The fourth-order valence-corrected chi connectivity index (χ4v) is 2.78. The van der Waals surface area contributed by atoms with Crippen LogP contribution in [-0.2, 0) is 0 Å². The third-order valence-electron chi connectivity index (χ3n) is 4.13. The van der Waals surface area contributed by atoms with Gasteiger partial charge in [-0.05, 0) is 42.9 Å². The minimum atomic E-state index is -0.316. The maximum atomic E-state index is 9.80. The van der Waals surface area contributed by atoms with Gasteiger partial charge >= 0.3 is 0 Å². The van der Waals surface area contributed by atoms with Crippen LogP contribution in [0.5, 0.6) is 0 Å². The van der Waals surface area contributed by atoms with Crippen LogP contribution in [0.1, 0.15) is 51.2 Å². The fourth-order valence-electron chi connectivity index (χ4n) is 2.78. The Morgan fingerprint density at radius 1 is 1.28 bits per heavy atom. The Bertz CT molecular complexity index is 360. The monoisotopic (exact) mass is 247 g/mol. The van der Waals surface area contributed by atoms with Gasteiger partial charge in [0.1, 0.15) is 0 Å². The first-order valence-electron chi connectivity index (χ1n) is 7.27. The molecule has 100 valence electrons. The second-order valence-corrected chi connectivity index (χ2v) is 5.38. The molecule has 1 N–H and O–H groups in total. The molecule has 1 aliphatic heterocycles. The number of aliphatic hydroxyl groups is 1. The molecule has 1 aromatic rings. The number of anilines is 1. The number of nitrogens with zero attached hydrogens (tertiary/aromatic N) is 1. The van der Waals surface area contributed by atoms with Gasteiger partial charge in [0.05, 0.1) is 6.10 Å². The quantitative estimate of drug-likeness (QED) is 0.875. The summed E-state index contributed by atoms with van der Waals surface area (Å²) in [6.45, 7) is 6.66. The molecule has 0 amide bonds. The van der Waals surface area contributed by atoms with Gasteiger partial charge in [0, 0.05) is 18.8 Å². The first kappa shape index (κ1) is 13.4. The third kappa shape index (κ3) is 3.05. The van der Waals surface area contributed by atoms with Gasteiger partial charge in [-0.2, -0.15) is 0 Å². The zero-order chi connectivity index (χ0) is 13.0. The van der Waals surface area contributed by atoms with E-state index in [4.69, 9.17) is 0 Å². The molecule has 0 saturated carbocycles. The van der Waals surface area contributed by atoms with Gasteiger partial charge in [-0.3, -0.25) is 0 Å². The summed E-state index contributed by atoms with van der Waals surface area (Å²) >= 11 is 0. The molecule has 1 fully saturated rings. The normalized spacial score (nSPS) is 21.9. The van der Waals surface area contributed by atoms with Crippen LogP contribution in [0.15, 0.2) is 24.3 Å². The van der Waals surface area contributed by atoms with Crippen LogP contribution < -0.4 is 4.90 Å². The van der Waals surface area contributed by atoms with E-state index in [1.807, 2.05) is 6.92 Å². The molecule has 2 nitrogen and oxygen atoms in total. The van der Waals surface area contributed by atoms with Crippen molar-refractivity contribution in [2.24, 2.45) is 5.92 Å². The van der Waals surface area contributed by atoms with Gasteiger partial charge in [0.25, 0.3) is 0 Å². The molecule has 1 saturated heterocycles. The fraction of sp³-hybridized carbons (Fsp3) is 0.625. The lowest BCUT2D eigenvalue weighted by Crippen LogP contribution is -2.35. The predicted octanol–water partition coefficient (Wildman–Crippen LogP) is 3.76. The second-order valence-electron chi connectivity index (χ2n) is 5.38. The lowest BCUT2D eigenvalue weighted by Gasteiger charge is -2.34. The molecular weight excluding hydrogens is 222 g/mol. The molecule has 1 aliphatic rings. The van der Waals surface area contributed by atoms with E-state index >= 15 is 0 Å². The summed E-state index contributed by atoms with van der Waals surface area (Å²) < 4.78 is 0. The summed E-state index contributed by atoms with van der Waals surface area (Å²) in [6, 6.07) is 8.45. The summed E-state index contributed by atoms with van der Waals surface area (Å²) in [6.07, 6.45) is 4.42. The first-order chi connectivity index (χ1) is 8.74. The smallest absolute Gasteiger partial charge is 0.0787 e. The number of benzene rings is 1. The van der Waals surface area contributed by atoms with Crippen LogP contribution in [0, 0.1) is 5.92 Å². The van der Waals surface area contributed by atoms with Gasteiger partial charge in [0.15, 0.2) is 0 Å². The summed E-state index contributed by atoms with van der Waals surface area (Å²) in [4.78, 5) is 2.49. The largest absolute Gasteiger partial charge is 0.388 e. The molecule has 1 aromatic carbocycles. The average molecular weight is 247 g/mol. The molecule has 0 spiro atoms. The number of piperidine rings is 1. The summed E-state index contributed by atoms with van der Waals surface area (Å²) in [5.74, 6) is 0.847. The maximum absolute atomic E-state index is 9.80. The van der Waals surface area contributed by atoms with E-state index in [1.54, 1.807) is 0 Å². The SMILES string of the molecule is CCC1CCCN(c2ccc([C@H](O)CC)cc2)C1. The van der Waals surface area contributed by atoms with Crippen molar-refractivity contribution in [3.63, 3.8) is 0 Å². The van der Waals surface area contributed by atoms with Crippen molar-refractivity contribution in [3.8, 4) is 0 Å². The molecule has 2 heteroatoms. The highest BCUT2D eigenvalue weighted by Gasteiger charge is 2.18. The molecule has 0 aromatic heterocycles. The number of aliphatic hydroxyl groups excluding tert-OH is 1. The van der Waals surface area contributed by atoms with E-state index in [-0.39, 0.29) is 6.10 Å². The van der Waals surface area contributed by atoms with Gasteiger partial charge in [-0.25, -0.2) is 0 Å². The Morgan fingerprint density at radius 2 is 2.00 bits per heavy atom. The van der Waals surface area contributed by atoms with Crippen molar-refractivity contribution in [3.05, 3.63) is 29.8 Å². The highest BCUT2D eigenvalue weighted by molar-refractivity contribution is 5.48.